The maximum Gasteiger partial charge on any atom is 0.253 e. The largest absolute Gasteiger partial charge is 0.393 e. The third kappa shape index (κ3) is 3.56. The van der Waals surface area contributed by atoms with Crippen molar-refractivity contribution in [3.8, 4) is 0 Å². The first kappa shape index (κ1) is 14.4. The molecule has 4 heteroatoms. The van der Waals surface area contributed by atoms with Crippen LogP contribution in [0, 0.1) is 5.92 Å². The Kier molecular flexibility index (Phi) is 4.15. The van der Waals surface area contributed by atoms with E-state index in [0.29, 0.717) is 0 Å². The van der Waals surface area contributed by atoms with Gasteiger partial charge in [-0.15, -0.1) is 0 Å². The van der Waals surface area contributed by atoms with E-state index in [9.17, 15) is 9.90 Å². The number of piperidine rings is 1. The van der Waals surface area contributed by atoms with Crippen molar-refractivity contribution in [1.82, 2.24) is 4.90 Å². The van der Waals surface area contributed by atoms with E-state index in [1.807, 2.05) is 36.2 Å². The summed E-state index contributed by atoms with van der Waals surface area (Å²) in [6.45, 7) is 2.65. The average Bonchev–Trinajstić information content (AvgIpc) is 3.31. The lowest BCUT2D eigenvalue weighted by molar-refractivity contribution is 0.0788. The van der Waals surface area contributed by atoms with Crippen LogP contribution in [-0.2, 0) is 0 Å². The van der Waals surface area contributed by atoms with Crippen molar-refractivity contribution in [1.29, 1.82) is 0 Å². The molecule has 1 saturated heterocycles. The number of rotatable bonds is 4. The molecule has 0 spiro atoms. The molecule has 1 heterocycles. The second kappa shape index (κ2) is 6.06. The van der Waals surface area contributed by atoms with Gasteiger partial charge in [0.2, 0.25) is 0 Å². The average molecular weight is 288 g/mol. The SMILES string of the molecule is CN(CC1CC1)C(=O)c1ccc(N2CCC(O)CC2)cc1. The highest BCUT2D eigenvalue weighted by Crippen LogP contribution is 2.29. The molecule has 2 fully saturated rings. The number of anilines is 1. The molecule has 0 aromatic heterocycles. The van der Waals surface area contributed by atoms with E-state index in [4.69, 9.17) is 0 Å². The number of aliphatic hydroxyl groups excluding tert-OH is 1. The monoisotopic (exact) mass is 288 g/mol. The van der Waals surface area contributed by atoms with Crippen LogP contribution in [0.4, 0.5) is 5.69 Å². The molecule has 1 aliphatic carbocycles. The Labute approximate surface area is 126 Å². The number of carbonyl (C=O) groups excluding carboxylic acids is 1. The molecule has 1 aliphatic heterocycles. The van der Waals surface area contributed by atoms with Gasteiger partial charge in [0.25, 0.3) is 5.91 Å². The minimum atomic E-state index is -0.154. The van der Waals surface area contributed by atoms with Gasteiger partial charge in [-0.2, -0.15) is 0 Å². The molecule has 1 aromatic carbocycles. The zero-order valence-electron chi connectivity index (χ0n) is 12.7. The van der Waals surface area contributed by atoms with Crippen LogP contribution in [0.5, 0.6) is 0 Å². The van der Waals surface area contributed by atoms with Crippen molar-refractivity contribution in [2.45, 2.75) is 31.8 Å². The molecule has 1 saturated carbocycles. The van der Waals surface area contributed by atoms with Crippen LogP contribution >= 0.6 is 0 Å². The molecule has 0 unspecified atom stereocenters. The van der Waals surface area contributed by atoms with Crippen LogP contribution in [0.15, 0.2) is 24.3 Å². The fourth-order valence-electron chi connectivity index (χ4n) is 2.93. The Morgan fingerprint density at radius 3 is 2.38 bits per heavy atom. The Bertz CT molecular complexity index is 488. The smallest absolute Gasteiger partial charge is 0.253 e. The topological polar surface area (TPSA) is 43.8 Å². The molecule has 21 heavy (non-hydrogen) atoms. The van der Waals surface area contributed by atoms with Gasteiger partial charge in [-0.25, -0.2) is 0 Å². The van der Waals surface area contributed by atoms with Crippen molar-refractivity contribution in [3.05, 3.63) is 29.8 Å². The van der Waals surface area contributed by atoms with E-state index in [1.165, 1.54) is 12.8 Å². The quantitative estimate of drug-likeness (QED) is 0.923. The second-order valence-electron chi connectivity index (χ2n) is 6.39. The maximum absolute atomic E-state index is 12.3. The molecule has 2 aliphatic rings. The van der Waals surface area contributed by atoms with Gasteiger partial charge in [0, 0.05) is 37.9 Å². The van der Waals surface area contributed by atoms with Crippen molar-refractivity contribution in [3.63, 3.8) is 0 Å². The number of aliphatic hydroxyl groups is 1. The first-order chi connectivity index (χ1) is 10.1. The molecule has 1 N–H and O–H groups in total. The summed E-state index contributed by atoms with van der Waals surface area (Å²) in [6.07, 6.45) is 4.02. The van der Waals surface area contributed by atoms with Gasteiger partial charge < -0.3 is 14.9 Å². The second-order valence-corrected chi connectivity index (χ2v) is 6.39. The molecule has 4 nitrogen and oxygen atoms in total. The van der Waals surface area contributed by atoms with Crippen LogP contribution in [0.3, 0.4) is 0 Å². The third-order valence-corrected chi connectivity index (χ3v) is 4.52. The number of nitrogens with zero attached hydrogens (tertiary/aromatic N) is 2. The molecule has 0 bridgehead atoms. The highest BCUT2D eigenvalue weighted by Gasteiger charge is 2.25. The fraction of sp³-hybridized carbons (Fsp3) is 0.588. The summed E-state index contributed by atoms with van der Waals surface area (Å²) in [4.78, 5) is 16.4. The highest BCUT2D eigenvalue weighted by atomic mass is 16.3. The molecule has 3 rings (SSSR count). The molecule has 114 valence electrons. The van der Waals surface area contributed by atoms with Gasteiger partial charge in [-0.05, 0) is 55.9 Å². The van der Waals surface area contributed by atoms with E-state index >= 15 is 0 Å². The first-order valence-corrected chi connectivity index (χ1v) is 7.92. The van der Waals surface area contributed by atoms with Gasteiger partial charge in [-0.1, -0.05) is 0 Å². The van der Waals surface area contributed by atoms with Crippen LogP contribution in [-0.4, -0.2) is 48.7 Å². The summed E-state index contributed by atoms with van der Waals surface area (Å²) in [5.41, 5.74) is 1.90. The molecule has 1 amide bonds. The predicted octanol–water partition coefficient (Wildman–Crippen LogP) is 2.13. The number of hydrogen-bond acceptors (Lipinski definition) is 3. The van der Waals surface area contributed by atoms with Crippen LogP contribution < -0.4 is 4.90 Å². The Morgan fingerprint density at radius 2 is 1.81 bits per heavy atom. The summed E-state index contributed by atoms with van der Waals surface area (Å²) < 4.78 is 0. The summed E-state index contributed by atoms with van der Waals surface area (Å²) in [7, 11) is 1.89. The minimum absolute atomic E-state index is 0.113. The molecule has 0 radical (unpaired) electrons. The third-order valence-electron chi connectivity index (χ3n) is 4.52. The number of amides is 1. The lowest BCUT2D eigenvalue weighted by Gasteiger charge is -2.31. The fourth-order valence-corrected chi connectivity index (χ4v) is 2.93. The van der Waals surface area contributed by atoms with Crippen molar-refractivity contribution >= 4 is 11.6 Å². The Morgan fingerprint density at radius 1 is 1.19 bits per heavy atom. The maximum atomic E-state index is 12.3. The molecular formula is C17H24N2O2. The lowest BCUT2D eigenvalue weighted by atomic mass is 10.1. The Hall–Kier alpha value is -1.55. The minimum Gasteiger partial charge on any atom is -0.393 e. The van der Waals surface area contributed by atoms with Crippen LogP contribution in [0.25, 0.3) is 0 Å². The predicted molar refractivity (Wildman–Crippen MR) is 83.6 cm³/mol. The normalized spacial score (nSPS) is 19.6. The van der Waals surface area contributed by atoms with Crippen LogP contribution in [0.1, 0.15) is 36.0 Å². The Balaban J connectivity index is 1.61. The van der Waals surface area contributed by atoms with E-state index in [-0.39, 0.29) is 12.0 Å². The molecular weight excluding hydrogens is 264 g/mol. The van der Waals surface area contributed by atoms with E-state index in [1.54, 1.807) is 0 Å². The highest BCUT2D eigenvalue weighted by molar-refractivity contribution is 5.94. The van der Waals surface area contributed by atoms with E-state index < -0.39 is 0 Å². The zero-order chi connectivity index (χ0) is 14.8. The number of hydrogen-bond donors (Lipinski definition) is 1. The summed E-state index contributed by atoms with van der Waals surface area (Å²) in [5.74, 6) is 0.834. The molecule has 1 aromatic rings. The number of benzene rings is 1. The summed E-state index contributed by atoms with van der Waals surface area (Å²) in [6, 6.07) is 7.89. The van der Waals surface area contributed by atoms with Crippen molar-refractivity contribution in [2.75, 3.05) is 31.6 Å². The standard InChI is InChI=1S/C17H24N2O2/c1-18(12-13-2-3-13)17(21)14-4-6-15(7-5-14)19-10-8-16(20)9-11-19/h4-7,13,16,20H,2-3,8-12H2,1H3. The van der Waals surface area contributed by atoms with E-state index in [2.05, 4.69) is 4.90 Å². The van der Waals surface area contributed by atoms with Gasteiger partial charge in [0.15, 0.2) is 0 Å². The van der Waals surface area contributed by atoms with Gasteiger partial charge in [0.1, 0.15) is 0 Å². The van der Waals surface area contributed by atoms with Crippen molar-refractivity contribution < 1.29 is 9.90 Å². The number of carbonyl (C=O) groups is 1. The summed E-state index contributed by atoms with van der Waals surface area (Å²) in [5, 5.41) is 9.55. The first-order valence-electron chi connectivity index (χ1n) is 7.92. The van der Waals surface area contributed by atoms with Gasteiger partial charge in [-0.3, -0.25) is 4.79 Å². The van der Waals surface area contributed by atoms with Gasteiger partial charge in [0.05, 0.1) is 6.10 Å². The van der Waals surface area contributed by atoms with Crippen molar-refractivity contribution in [2.24, 2.45) is 5.92 Å². The summed E-state index contributed by atoms with van der Waals surface area (Å²) >= 11 is 0. The van der Waals surface area contributed by atoms with Gasteiger partial charge >= 0.3 is 0 Å². The van der Waals surface area contributed by atoms with Crippen LogP contribution in [0.2, 0.25) is 0 Å². The zero-order valence-corrected chi connectivity index (χ0v) is 12.7. The van der Waals surface area contributed by atoms with E-state index in [0.717, 1.165) is 49.6 Å². The lowest BCUT2D eigenvalue weighted by Crippen LogP contribution is -2.35. The molecule has 0 atom stereocenters.